The Kier molecular flexibility index (Phi) is 4.43. The van der Waals surface area contributed by atoms with Crippen molar-refractivity contribution in [1.29, 1.82) is 0 Å². The Morgan fingerprint density at radius 2 is 1.86 bits per heavy atom. The van der Waals surface area contributed by atoms with Crippen LogP contribution < -0.4 is 0 Å². The number of fused-ring (bicyclic) bond motifs is 1. The summed E-state index contributed by atoms with van der Waals surface area (Å²) < 4.78 is 28.5. The molecule has 1 aromatic heterocycles. The molecule has 0 aromatic carbocycles. The van der Waals surface area contributed by atoms with Gasteiger partial charge >= 0.3 is 11.9 Å². The third-order valence-electron chi connectivity index (χ3n) is 10.4. The van der Waals surface area contributed by atoms with E-state index in [0.29, 0.717) is 18.4 Å². The van der Waals surface area contributed by atoms with Gasteiger partial charge in [-0.05, 0) is 38.7 Å². The van der Waals surface area contributed by atoms with E-state index < -0.39 is 69.1 Å². The molecule has 0 bridgehead atoms. The maximum Gasteiger partial charge on any atom is 0.339 e. The minimum atomic E-state index is -1.45. The van der Waals surface area contributed by atoms with Crippen LogP contribution in [0.4, 0.5) is 0 Å². The molecule has 5 aliphatic rings. The van der Waals surface area contributed by atoms with Gasteiger partial charge in [0.1, 0.15) is 23.4 Å². The first-order valence-corrected chi connectivity index (χ1v) is 12.4. The van der Waals surface area contributed by atoms with Crippen LogP contribution >= 0.6 is 0 Å². The number of aliphatic hydroxyl groups excluding tert-OH is 1. The third kappa shape index (κ3) is 2.28. The number of cyclic esters (lactones) is 1. The van der Waals surface area contributed by atoms with E-state index >= 15 is 0 Å². The van der Waals surface area contributed by atoms with Crippen LogP contribution in [0.2, 0.25) is 0 Å². The molecule has 2 spiro atoms. The number of esters is 2. The van der Waals surface area contributed by atoms with Crippen molar-refractivity contribution in [3.8, 4) is 0 Å². The predicted molar refractivity (Wildman–Crippen MR) is 122 cm³/mol. The minimum absolute atomic E-state index is 0.366. The zero-order chi connectivity index (χ0) is 26.1. The van der Waals surface area contributed by atoms with Crippen molar-refractivity contribution < 1.29 is 42.9 Å². The number of methoxy groups -OCH3 is 1. The minimum Gasteiger partial charge on any atom is -0.472 e. The zero-order valence-electron chi connectivity index (χ0n) is 21.3. The maximum atomic E-state index is 14.1. The second-order valence-corrected chi connectivity index (χ2v) is 12.1. The van der Waals surface area contributed by atoms with Gasteiger partial charge in [0, 0.05) is 27.9 Å². The average Bonchev–Trinajstić information content (AvgIpc) is 3.64. The van der Waals surface area contributed by atoms with E-state index in [-0.39, 0.29) is 5.92 Å². The number of ketones is 1. The van der Waals surface area contributed by atoms with Gasteiger partial charge in [-0.25, -0.2) is 9.59 Å². The van der Waals surface area contributed by atoms with Crippen LogP contribution in [0.25, 0.3) is 0 Å². The van der Waals surface area contributed by atoms with Gasteiger partial charge in [0.05, 0.1) is 19.6 Å². The van der Waals surface area contributed by atoms with Crippen molar-refractivity contribution in [2.45, 2.75) is 82.6 Å². The number of rotatable bonds is 3. The fourth-order valence-electron chi connectivity index (χ4n) is 8.80. The van der Waals surface area contributed by atoms with Crippen LogP contribution in [-0.2, 0) is 33.3 Å². The van der Waals surface area contributed by atoms with E-state index in [9.17, 15) is 19.5 Å². The van der Waals surface area contributed by atoms with Crippen LogP contribution in [0.1, 0.15) is 59.1 Å². The summed E-state index contributed by atoms with van der Waals surface area (Å²) in [6.07, 6.45) is 4.24. The molecule has 3 aliphatic heterocycles. The number of furan rings is 1. The molecular weight excluding hydrogens is 468 g/mol. The Hall–Kier alpha value is -2.49. The second kappa shape index (κ2) is 6.68. The van der Waals surface area contributed by atoms with Crippen molar-refractivity contribution in [3.63, 3.8) is 0 Å². The van der Waals surface area contributed by atoms with Gasteiger partial charge in [-0.3, -0.25) is 4.79 Å². The molecule has 9 nitrogen and oxygen atoms in total. The fourth-order valence-corrected chi connectivity index (χ4v) is 8.80. The summed E-state index contributed by atoms with van der Waals surface area (Å²) in [4.78, 5) is 39.5. The largest absolute Gasteiger partial charge is 0.472 e. The normalized spacial score (nSPS) is 50.2. The Morgan fingerprint density at radius 1 is 1.17 bits per heavy atom. The summed E-state index contributed by atoms with van der Waals surface area (Å²) in [5, 5.41) is 11.8. The summed E-state index contributed by atoms with van der Waals surface area (Å²) in [6.45, 7) is 9.38. The van der Waals surface area contributed by atoms with Crippen LogP contribution in [-0.4, -0.2) is 58.9 Å². The molecule has 1 N–H and O–H groups in total. The lowest BCUT2D eigenvalue weighted by atomic mass is 9.37. The number of carbonyl (C=O) groups excluding carboxylic acids is 3. The summed E-state index contributed by atoms with van der Waals surface area (Å²) in [7, 11) is 1.29. The van der Waals surface area contributed by atoms with Crippen molar-refractivity contribution in [3.05, 3.63) is 36.3 Å². The lowest BCUT2D eigenvalue weighted by Crippen LogP contribution is -2.75. The van der Waals surface area contributed by atoms with E-state index in [1.54, 1.807) is 18.4 Å². The first kappa shape index (κ1) is 23.9. The Morgan fingerprint density at radius 3 is 2.44 bits per heavy atom. The first-order chi connectivity index (χ1) is 16.8. The molecule has 6 rings (SSSR count). The number of aliphatic hydroxyl groups is 1. The molecule has 4 heterocycles. The molecule has 2 aliphatic carbocycles. The van der Waals surface area contributed by atoms with Crippen molar-refractivity contribution in [2.24, 2.45) is 22.2 Å². The monoisotopic (exact) mass is 500 g/mol. The molecule has 194 valence electrons. The Bertz CT molecular complexity index is 1200. The molecule has 9 atom stereocenters. The number of carbonyl (C=O) groups is 3. The van der Waals surface area contributed by atoms with Crippen LogP contribution in [0.5, 0.6) is 0 Å². The van der Waals surface area contributed by atoms with Crippen LogP contribution in [0.15, 0.2) is 35.2 Å². The smallest absolute Gasteiger partial charge is 0.339 e. The van der Waals surface area contributed by atoms with E-state index in [4.69, 9.17) is 23.4 Å². The number of hydrogen-bond donors (Lipinski definition) is 1. The summed E-state index contributed by atoms with van der Waals surface area (Å²) >= 11 is 0. The molecule has 9 heteroatoms. The van der Waals surface area contributed by atoms with Gasteiger partial charge in [-0.1, -0.05) is 26.8 Å². The molecule has 2 saturated carbocycles. The standard InChI is InChI=1S/C27H32O9/c1-22(2)26(36-22)18(30)17(29)25(5)15(23(26,3)11-8-16(28)32-6)7-10-24(4)19(14-9-12-33-13-14)34-21(31)20-27(24,25)35-20/h8-9,11-13,15,17,19-20,29H,7,10H2,1-6H3/b11-8-/t15-,17+,19+,20-,23-,24+,25+,26-,27-/m1/s1. The molecule has 0 radical (unpaired) electrons. The molecule has 0 amide bonds. The van der Waals surface area contributed by atoms with Crippen LogP contribution in [0, 0.1) is 22.2 Å². The number of hydrogen-bond acceptors (Lipinski definition) is 9. The second-order valence-electron chi connectivity index (χ2n) is 12.1. The molecule has 1 aromatic rings. The van der Waals surface area contributed by atoms with Gasteiger partial charge in [-0.15, -0.1) is 0 Å². The van der Waals surface area contributed by atoms with Gasteiger partial charge < -0.3 is 28.5 Å². The Labute approximate surface area is 209 Å². The summed E-state index contributed by atoms with van der Waals surface area (Å²) in [5.41, 5.74) is -5.54. The molecular formula is C27H32O9. The van der Waals surface area contributed by atoms with Crippen LogP contribution in [0.3, 0.4) is 0 Å². The van der Waals surface area contributed by atoms with Crippen molar-refractivity contribution in [1.82, 2.24) is 0 Å². The van der Waals surface area contributed by atoms with Crippen molar-refractivity contribution in [2.75, 3.05) is 7.11 Å². The number of ether oxygens (including phenoxy) is 4. The van der Waals surface area contributed by atoms with E-state index in [0.717, 1.165) is 0 Å². The van der Waals surface area contributed by atoms with E-state index in [1.165, 1.54) is 19.4 Å². The highest BCUT2D eigenvalue weighted by molar-refractivity contribution is 5.99. The maximum absolute atomic E-state index is 14.1. The van der Waals surface area contributed by atoms with E-state index in [2.05, 4.69) is 0 Å². The summed E-state index contributed by atoms with van der Waals surface area (Å²) in [5.74, 6) is -1.90. The average molecular weight is 501 g/mol. The fraction of sp³-hybridized carbons (Fsp3) is 0.667. The quantitative estimate of drug-likeness (QED) is 0.378. The Balaban J connectivity index is 1.55. The van der Waals surface area contributed by atoms with Gasteiger partial charge in [0.25, 0.3) is 0 Å². The first-order valence-electron chi connectivity index (χ1n) is 12.4. The van der Waals surface area contributed by atoms with Gasteiger partial charge in [-0.2, -0.15) is 0 Å². The lowest BCUT2D eigenvalue weighted by molar-refractivity contribution is -0.233. The number of Topliss-reactive ketones (excluding diaryl/α,β-unsaturated/α-hetero) is 1. The number of epoxide rings is 2. The topological polar surface area (TPSA) is 128 Å². The van der Waals surface area contributed by atoms with E-state index in [1.807, 2.05) is 34.6 Å². The molecule has 0 unspecified atom stereocenters. The molecule has 36 heavy (non-hydrogen) atoms. The lowest BCUT2D eigenvalue weighted by Gasteiger charge is -2.65. The predicted octanol–water partition coefficient (Wildman–Crippen LogP) is 2.66. The SMILES string of the molecule is COC(=O)/C=C\[C@]1(C)[C@H]2CC[C@@]3(C)[C@H](c4ccoc4)OC(=O)[C@H]4O[C@]43[C@]2(C)[C@@H](O)C(=O)[C@]12OC2(C)C. The highest BCUT2D eigenvalue weighted by atomic mass is 16.7. The van der Waals surface area contributed by atoms with Crippen molar-refractivity contribution >= 4 is 17.7 Å². The van der Waals surface area contributed by atoms with Gasteiger partial charge in [0.2, 0.25) is 0 Å². The summed E-state index contributed by atoms with van der Waals surface area (Å²) in [6, 6.07) is 1.76. The third-order valence-corrected chi connectivity index (χ3v) is 10.4. The molecule has 3 saturated heterocycles. The highest BCUT2D eigenvalue weighted by Gasteiger charge is 2.92. The highest BCUT2D eigenvalue weighted by Crippen LogP contribution is 2.81. The zero-order valence-corrected chi connectivity index (χ0v) is 21.3. The molecule has 5 fully saturated rings. The van der Waals surface area contributed by atoms with Gasteiger partial charge in [0.15, 0.2) is 17.5 Å².